The summed E-state index contributed by atoms with van der Waals surface area (Å²) < 4.78 is 7.14. The van der Waals surface area contributed by atoms with Crippen LogP contribution in [0.25, 0.3) is 0 Å². The van der Waals surface area contributed by atoms with Gasteiger partial charge in [0.05, 0.1) is 0 Å². The highest BCUT2D eigenvalue weighted by Gasteiger charge is 2.61. The molecule has 0 unspecified atom stereocenters. The highest BCUT2D eigenvalue weighted by Crippen LogP contribution is 2.68. The molecule has 0 radical (unpaired) electrons. The molecule has 1 N–H and O–H groups in total. The Morgan fingerprint density at radius 3 is 1.15 bits per heavy atom. The standard InChI is InChI=1S/C12H31N6P.BrH/c1-7-16(8-2)19(15-14-13,17(9-3)10-4)18(11-5)12-6;/h13H,7-12H2,1-6H3;1H/q+2;. The van der Waals surface area contributed by atoms with Crippen LogP contribution in [-0.2, 0) is 0 Å². The zero-order valence-electron chi connectivity index (χ0n) is 13.8. The van der Waals surface area contributed by atoms with Crippen molar-refractivity contribution >= 4 is 24.8 Å². The summed E-state index contributed by atoms with van der Waals surface area (Å²) >= 11 is 0. The van der Waals surface area contributed by atoms with Crippen LogP contribution in [0, 0.1) is 5.53 Å². The Morgan fingerprint density at radius 2 is 1.00 bits per heavy atom. The largest absolute Gasteiger partial charge is 0.450 e. The molecule has 0 aromatic heterocycles. The van der Waals surface area contributed by atoms with Crippen LogP contribution in [0.4, 0.5) is 0 Å². The lowest BCUT2D eigenvalue weighted by atomic mass is 10.7. The molecule has 6 nitrogen and oxygen atoms in total. The molecule has 0 saturated heterocycles. The van der Waals surface area contributed by atoms with Gasteiger partial charge in [0, 0.05) is 39.3 Å². The fraction of sp³-hybridized carbons (Fsp3) is 1.00. The van der Waals surface area contributed by atoms with Gasteiger partial charge in [0.1, 0.15) is 5.53 Å². The molecule has 0 rings (SSSR count). The highest BCUT2D eigenvalue weighted by atomic mass is 79.9. The molecule has 8 heteroatoms. The summed E-state index contributed by atoms with van der Waals surface area (Å²) in [6.45, 7) is 18.5. The van der Waals surface area contributed by atoms with Crippen molar-refractivity contribution in [2.45, 2.75) is 41.5 Å². The molecule has 0 fully saturated rings. The van der Waals surface area contributed by atoms with Crippen LogP contribution in [0.2, 0.25) is 0 Å². The van der Waals surface area contributed by atoms with Crippen molar-refractivity contribution in [3.05, 3.63) is 0 Å². The lowest BCUT2D eigenvalue weighted by molar-refractivity contribution is 0.327. The summed E-state index contributed by atoms with van der Waals surface area (Å²) in [7, 11) is -2.06. The first-order valence-corrected chi connectivity index (χ1v) is 8.96. The second-order valence-corrected chi connectivity index (χ2v) is 7.09. The maximum Gasteiger partial charge on any atom is 0.450 e. The molecule has 0 aliphatic heterocycles. The van der Waals surface area contributed by atoms with Crippen molar-refractivity contribution in [3.63, 3.8) is 0 Å². The fourth-order valence-corrected chi connectivity index (χ4v) is 6.39. The first-order valence-electron chi connectivity index (χ1n) is 7.36. The molecule has 0 aromatic rings. The maximum atomic E-state index is 7.30. The fourth-order valence-electron chi connectivity index (χ4n) is 2.58. The normalized spacial score (nSPS) is 11.7. The second-order valence-electron chi connectivity index (χ2n) is 4.14. The molecular weight excluding hydrogens is 339 g/mol. The van der Waals surface area contributed by atoms with Crippen LogP contribution in [0.15, 0.2) is 4.88 Å². The van der Waals surface area contributed by atoms with Crippen LogP contribution in [0.5, 0.6) is 0 Å². The molecule has 0 spiro atoms. The minimum absolute atomic E-state index is 0. The van der Waals surface area contributed by atoms with Gasteiger partial charge in [-0.1, -0.05) is 0 Å². The number of hydrogen-bond acceptors (Lipinski definition) is 5. The first-order chi connectivity index (χ1) is 9.12. The molecule has 0 aliphatic carbocycles. The van der Waals surface area contributed by atoms with E-state index in [1.807, 2.05) is 0 Å². The predicted octanol–water partition coefficient (Wildman–Crippen LogP) is 3.82. The topological polar surface area (TPSA) is 60.0 Å². The zero-order valence-corrected chi connectivity index (χ0v) is 16.4. The van der Waals surface area contributed by atoms with Gasteiger partial charge in [-0.2, -0.15) is 0 Å². The van der Waals surface area contributed by atoms with Gasteiger partial charge in [0.25, 0.3) is 4.91 Å². The number of nitrogens with zero attached hydrogens (tertiary/aromatic N) is 5. The Bertz CT molecular complexity index is 254. The lowest BCUT2D eigenvalue weighted by Crippen LogP contribution is -2.44. The van der Waals surface area contributed by atoms with Crippen LogP contribution >= 0.6 is 24.8 Å². The number of nitrogens with one attached hydrogen (secondary N) is 1. The molecule has 20 heavy (non-hydrogen) atoms. The molecule has 0 aromatic carbocycles. The average molecular weight is 371 g/mol. The van der Waals surface area contributed by atoms with Crippen molar-refractivity contribution < 1.29 is 0 Å². The van der Waals surface area contributed by atoms with Gasteiger partial charge in [-0.15, -0.1) is 31.0 Å². The first kappa shape index (κ1) is 22.4. The van der Waals surface area contributed by atoms with Gasteiger partial charge < -0.3 is 0 Å². The Morgan fingerprint density at radius 1 is 0.750 bits per heavy atom. The van der Waals surface area contributed by atoms with Gasteiger partial charge >= 0.3 is 12.8 Å². The number of rotatable bonds is 10. The summed E-state index contributed by atoms with van der Waals surface area (Å²) in [5.74, 6) is 0. The van der Waals surface area contributed by atoms with Gasteiger partial charge in [-0.3, -0.25) is 0 Å². The van der Waals surface area contributed by atoms with Crippen molar-refractivity contribution in [3.8, 4) is 0 Å². The van der Waals surface area contributed by atoms with E-state index in [0.29, 0.717) is 0 Å². The molecule has 0 aliphatic rings. The summed E-state index contributed by atoms with van der Waals surface area (Å²) in [5.41, 5.74) is 7.30. The minimum atomic E-state index is -2.06. The predicted molar refractivity (Wildman–Crippen MR) is 93.3 cm³/mol. The van der Waals surface area contributed by atoms with E-state index in [1.54, 1.807) is 0 Å². The molecule has 0 amide bonds. The Balaban J connectivity index is 0. The van der Waals surface area contributed by atoms with Crippen LogP contribution in [0.1, 0.15) is 41.5 Å². The van der Waals surface area contributed by atoms with Gasteiger partial charge in [0.2, 0.25) is 0 Å². The van der Waals surface area contributed by atoms with Crippen molar-refractivity contribution in [1.29, 1.82) is 5.53 Å². The van der Waals surface area contributed by atoms with E-state index >= 15 is 0 Å². The number of hydrogen-bond donors (Lipinski definition) is 1. The monoisotopic (exact) mass is 370 g/mol. The van der Waals surface area contributed by atoms with E-state index in [4.69, 9.17) is 5.53 Å². The third-order valence-corrected chi connectivity index (χ3v) is 7.80. The average Bonchev–Trinajstić information content (AvgIpc) is 2.42. The zero-order chi connectivity index (χ0) is 14.9. The maximum absolute atomic E-state index is 7.30. The van der Waals surface area contributed by atoms with Crippen molar-refractivity contribution in [1.82, 2.24) is 18.9 Å². The molecule has 0 saturated carbocycles. The highest BCUT2D eigenvalue weighted by molar-refractivity contribution is 8.93. The molecule has 0 heterocycles. The van der Waals surface area contributed by atoms with E-state index in [0.717, 1.165) is 39.3 Å². The van der Waals surface area contributed by atoms with E-state index in [-0.39, 0.29) is 17.0 Å². The van der Waals surface area contributed by atoms with Gasteiger partial charge in [0.15, 0.2) is 0 Å². The summed E-state index contributed by atoms with van der Waals surface area (Å²) in [6, 6.07) is 0. The van der Waals surface area contributed by atoms with E-state index < -0.39 is 7.87 Å². The summed E-state index contributed by atoms with van der Waals surface area (Å²) in [5, 5.41) is 0. The minimum Gasteiger partial charge on any atom is -0.122 e. The molecular formula is C12H32BrN6P+2. The smallest absolute Gasteiger partial charge is 0.122 e. The van der Waals surface area contributed by atoms with Crippen molar-refractivity contribution in [2.75, 3.05) is 39.3 Å². The third kappa shape index (κ3) is 4.55. The van der Waals surface area contributed by atoms with Gasteiger partial charge in [-0.25, -0.2) is 0 Å². The Labute approximate surface area is 135 Å². The van der Waals surface area contributed by atoms with Gasteiger partial charge in [-0.05, 0) is 41.5 Å². The van der Waals surface area contributed by atoms with Crippen LogP contribution in [-0.4, -0.2) is 53.3 Å². The Kier molecular flexibility index (Phi) is 13.1. The molecule has 120 valence electrons. The second kappa shape index (κ2) is 11.7. The van der Waals surface area contributed by atoms with E-state index in [2.05, 4.69) is 65.4 Å². The van der Waals surface area contributed by atoms with E-state index in [1.165, 1.54) is 0 Å². The van der Waals surface area contributed by atoms with Crippen LogP contribution < -0.4 is 4.91 Å². The summed E-state index contributed by atoms with van der Waals surface area (Å²) in [4.78, 5) is 7.92. The SMILES string of the molecule is Br.CCN(CC)[P+](N=[N+]=N)(N(CC)CC)N(CC)CC. The molecule has 0 atom stereocenters. The lowest BCUT2D eigenvalue weighted by Gasteiger charge is -2.37. The van der Waals surface area contributed by atoms with Crippen molar-refractivity contribution in [2.24, 2.45) is 4.88 Å². The number of halogens is 1. The molecule has 0 bridgehead atoms. The van der Waals surface area contributed by atoms with E-state index in [9.17, 15) is 0 Å². The third-order valence-electron chi connectivity index (χ3n) is 3.49. The van der Waals surface area contributed by atoms with Crippen LogP contribution in [0.3, 0.4) is 0 Å². The quantitative estimate of drug-likeness (QED) is 0.361. The Hall–Kier alpha value is 0.1000. The summed E-state index contributed by atoms with van der Waals surface area (Å²) in [6.07, 6.45) is 0.